The van der Waals surface area contributed by atoms with E-state index in [9.17, 15) is 13.2 Å². The van der Waals surface area contributed by atoms with Crippen LogP contribution in [-0.2, 0) is 10.0 Å². The van der Waals surface area contributed by atoms with E-state index in [1.54, 1.807) is 0 Å². The number of aromatic carboxylic acids is 1. The first-order valence-electron chi connectivity index (χ1n) is 5.27. The van der Waals surface area contributed by atoms with Gasteiger partial charge in [0.1, 0.15) is 23.3 Å². The topological polar surface area (TPSA) is 119 Å². The summed E-state index contributed by atoms with van der Waals surface area (Å²) in [6, 6.07) is 3.52. The van der Waals surface area contributed by atoms with Crippen LogP contribution >= 0.6 is 0 Å². The largest absolute Gasteiger partial charge is 0.496 e. The fourth-order valence-electron chi connectivity index (χ4n) is 1.49. The lowest BCUT2D eigenvalue weighted by molar-refractivity contribution is 0.0693. The highest BCUT2D eigenvalue weighted by Gasteiger charge is 2.20. The smallest absolute Gasteiger partial charge is 0.339 e. The number of ether oxygens (including phenoxy) is 1. The van der Waals surface area contributed by atoms with Gasteiger partial charge < -0.3 is 14.4 Å². The van der Waals surface area contributed by atoms with Gasteiger partial charge in [-0.2, -0.15) is 0 Å². The second kappa shape index (κ2) is 5.21. The normalized spacial score (nSPS) is 11.1. The Morgan fingerprint density at radius 2 is 2.20 bits per heavy atom. The van der Waals surface area contributed by atoms with E-state index in [0.29, 0.717) is 0 Å². The van der Waals surface area contributed by atoms with Crippen molar-refractivity contribution in [3.05, 3.63) is 36.2 Å². The van der Waals surface area contributed by atoms with Crippen molar-refractivity contribution in [2.24, 2.45) is 0 Å². The summed E-state index contributed by atoms with van der Waals surface area (Å²) in [5.41, 5.74) is -0.113. The Balaban J connectivity index is 2.42. The summed E-state index contributed by atoms with van der Waals surface area (Å²) in [7, 11) is -2.64. The van der Waals surface area contributed by atoms with Crippen LogP contribution in [0.5, 0.6) is 5.75 Å². The Bertz CT molecular complexity index is 723. The number of carboxylic acids is 1. The van der Waals surface area contributed by atoms with Crippen LogP contribution in [0, 0.1) is 0 Å². The lowest BCUT2D eigenvalue weighted by Gasteiger charge is -2.09. The van der Waals surface area contributed by atoms with Gasteiger partial charge in [0.05, 0.1) is 18.2 Å². The van der Waals surface area contributed by atoms with E-state index >= 15 is 0 Å². The average Bonchev–Trinajstić information content (AvgIpc) is 2.89. The minimum absolute atomic E-state index is 0.0708. The zero-order chi connectivity index (χ0) is 14.8. The number of rotatable bonds is 5. The van der Waals surface area contributed by atoms with E-state index in [2.05, 4.69) is 14.4 Å². The lowest BCUT2D eigenvalue weighted by Crippen LogP contribution is -2.13. The summed E-state index contributed by atoms with van der Waals surface area (Å²) in [4.78, 5) is 10.8. The van der Waals surface area contributed by atoms with Crippen LogP contribution in [0.3, 0.4) is 0 Å². The fraction of sp³-hybridized carbons (Fsp3) is 0.0909. The van der Waals surface area contributed by atoms with E-state index in [-0.39, 0.29) is 21.9 Å². The van der Waals surface area contributed by atoms with Crippen molar-refractivity contribution in [3.8, 4) is 5.75 Å². The molecule has 0 atom stereocenters. The molecule has 1 aromatic carbocycles. The lowest BCUT2D eigenvalue weighted by atomic mass is 10.2. The first-order valence-corrected chi connectivity index (χ1v) is 6.76. The van der Waals surface area contributed by atoms with Crippen LogP contribution in [0.1, 0.15) is 10.4 Å². The molecule has 20 heavy (non-hydrogen) atoms. The number of anilines is 1. The third-order valence-electron chi connectivity index (χ3n) is 2.40. The summed E-state index contributed by atoms with van der Waals surface area (Å²) in [6.07, 6.45) is 2.29. The van der Waals surface area contributed by atoms with Gasteiger partial charge in [0.15, 0.2) is 0 Å². The zero-order valence-electron chi connectivity index (χ0n) is 10.2. The zero-order valence-corrected chi connectivity index (χ0v) is 11.0. The van der Waals surface area contributed by atoms with Crippen LogP contribution in [0.15, 0.2) is 40.1 Å². The van der Waals surface area contributed by atoms with Crippen LogP contribution in [-0.4, -0.2) is 31.8 Å². The van der Waals surface area contributed by atoms with Crippen LogP contribution in [0.25, 0.3) is 0 Å². The maximum atomic E-state index is 12.1. The van der Waals surface area contributed by atoms with Crippen molar-refractivity contribution in [1.82, 2.24) is 5.16 Å². The van der Waals surface area contributed by atoms with E-state index in [1.165, 1.54) is 25.4 Å². The van der Waals surface area contributed by atoms with Gasteiger partial charge in [0.25, 0.3) is 10.0 Å². The van der Waals surface area contributed by atoms with Crippen LogP contribution in [0.4, 0.5) is 5.69 Å². The quantitative estimate of drug-likeness (QED) is 0.850. The van der Waals surface area contributed by atoms with Crippen LogP contribution in [0.2, 0.25) is 0 Å². The molecule has 2 rings (SSSR count). The third kappa shape index (κ3) is 2.72. The number of benzene rings is 1. The average molecular weight is 298 g/mol. The monoisotopic (exact) mass is 298 g/mol. The predicted molar refractivity (Wildman–Crippen MR) is 67.3 cm³/mol. The Morgan fingerprint density at radius 3 is 2.75 bits per heavy atom. The number of nitrogens with zero attached hydrogens (tertiary/aromatic N) is 1. The second-order valence-corrected chi connectivity index (χ2v) is 5.37. The molecule has 0 radical (unpaired) electrons. The van der Waals surface area contributed by atoms with Gasteiger partial charge in [0, 0.05) is 0 Å². The van der Waals surface area contributed by atoms with Crippen LogP contribution < -0.4 is 9.46 Å². The third-order valence-corrected chi connectivity index (χ3v) is 3.78. The number of nitrogens with one attached hydrogen (secondary N) is 1. The van der Waals surface area contributed by atoms with E-state index < -0.39 is 16.0 Å². The molecule has 1 aromatic heterocycles. The molecule has 0 amide bonds. The summed E-state index contributed by atoms with van der Waals surface area (Å²) < 4.78 is 35.7. The molecule has 0 saturated heterocycles. The molecule has 0 aliphatic carbocycles. The van der Waals surface area contributed by atoms with Gasteiger partial charge in [-0.25, -0.2) is 13.2 Å². The Hall–Kier alpha value is -2.55. The molecule has 0 saturated carbocycles. The summed E-state index contributed by atoms with van der Waals surface area (Å²) in [5.74, 6) is -1.22. The van der Waals surface area contributed by atoms with E-state index in [1.807, 2.05) is 0 Å². The van der Waals surface area contributed by atoms with Crippen molar-refractivity contribution in [3.63, 3.8) is 0 Å². The molecule has 106 valence electrons. The molecule has 0 aliphatic rings. The second-order valence-electron chi connectivity index (χ2n) is 3.69. The fourth-order valence-corrected chi connectivity index (χ4v) is 2.54. The van der Waals surface area contributed by atoms with Crippen molar-refractivity contribution in [1.29, 1.82) is 0 Å². The molecule has 1 heterocycles. The molecule has 0 unspecified atom stereocenters. The van der Waals surface area contributed by atoms with Gasteiger partial charge >= 0.3 is 5.97 Å². The Kier molecular flexibility index (Phi) is 3.61. The summed E-state index contributed by atoms with van der Waals surface area (Å²) in [5, 5.41) is 12.4. The van der Waals surface area contributed by atoms with Gasteiger partial charge in [-0.1, -0.05) is 5.16 Å². The maximum Gasteiger partial charge on any atom is 0.339 e. The molecule has 2 N–H and O–H groups in total. The van der Waals surface area contributed by atoms with Gasteiger partial charge in [-0.05, 0) is 18.2 Å². The molecule has 2 aromatic rings. The molecular weight excluding hydrogens is 288 g/mol. The number of hydrogen-bond donors (Lipinski definition) is 2. The van der Waals surface area contributed by atoms with E-state index in [0.717, 1.165) is 12.3 Å². The highest BCUT2D eigenvalue weighted by molar-refractivity contribution is 7.92. The minimum atomic E-state index is -3.93. The van der Waals surface area contributed by atoms with Gasteiger partial charge in [0.2, 0.25) is 0 Å². The first kappa shape index (κ1) is 13.9. The van der Waals surface area contributed by atoms with Gasteiger partial charge in [-0.3, -0.25) is 4.72 Å². The standard InChI is InChI=1S/C11H10N2O6S/c1-18-10-3-2-8(4-9(10)11(14)15)20(16,17)13-7-5-12-19-6-7/h2-6,13H,1H3,(H,14,15). The number of hydrogen-bond acceptors (Lipinski definition) is 6. The predicted octanol–water partition coefficient (Wildman–Crippen LogP) is 1.18. The molecule has 0 aliphatic heterocycles. The van der Waals surface area contributed by atoms with E-state index in [4.69, 9.17) is 9.84 Å². The Labute approximate surface area is 114 Å². The number of carboxylic acid groups (broad SMARTS) is 1. The molecule has 9 heteroatoms. The SMILES string of the molecule is COc1ccc(S(=O)(=O)Nc2cnoc2)cc1C(=O)O. The first-order chi connectivity index (χ1) is 9.44. The molecule has 0 fully saturated rings. The van der Waals surface area contributed by atoms with Crippen molar-refractivity contribution >= 4 is 21.7 Å². The number of methoxy groups -OCH3 is 1. The van der Waals surface area contributed by atoms with Crippen molar-refractivity contribution < 1.29 is 27.6 Å². The number of carbonyl (C=O) groups is 1. The minimum Gasteiger partial charge on any atom is -0.496 e. The number of sulfonamides is 1. The molecule has 8 nitrogen and oxygen atoms in total. The number of aromatic nitrogens is 1. The Morgan fingerprint density at radius 1 is 1.45 bits per heavy atom. The molecule has 0 spiro atoms. The molecule has 0 bridgehead atoms. The van der Waals surface area contributed by atoms with Crippen molar-refractivity contribution in [2.45, 2.75) is 4.90 Å². The van der Waals surface area contributed by atoms with Crippen molar-refractivity contribution in [2.75, 3.05) is 11.8 Å². The summed E-state index contributed by atoms with van der Waals surface area (Å²) in [6.45, 7) is 0. The maximum absolute atomic E-state index is 12.1. The van der Waals surface area contributed by atoms with Gasteiger partial charge in [-0.15, -0.1) is 0 Å². The summed E-state index contributed by atoms with van der Waals surface area (Å²) >= 11 is 0. The highest BCUT2D eigenvalue weighted by atomic mass is 32.2. The molecular formula is C11H10N2O6S. The highest BCUT2D eigenvalue weighted by Crippen LogP contribution is 2.23.